The number of urea groups is 1. The Morgan fingerprint density at radius 3 is 2.57 bits per heavy atom. The van der Waals surface area contributed by atoms with Crippen LogP contribution in [0, 0.1) is 11.7 Å². The first-order valence-electron chi connectivity index (χ1n) is 6.78. The lowest BCUT2D eigenvalue weighted by Gasteiger charge is -2.22. The van der Waals surface area contributed by atoms with Crippen molar-refractivity contribution in [3.8, 4) is 0 Å². The van der Waals surface area contributed by atoms with Gasteiger partial charge in [0.1, 0.15) is 11.9 Å². The molecule has 1 atom stereocenters. The van der Waals surface area contributed by atoms with E-state index in [0.717, 1.165) is 0 Å². The van der Waals surface area contributed by atoms with Crippen LogP contribution in [0.2, 0.25) is 0 Å². The van der Waals surface area contributed by atoms with E-state index in [1.165, 1.54) is 24.1 Å². The number of halogens is 1. The van der Waals surface area contributed by atoms with E-state index in [-0.39, 0.29) is 18.3 Å². The molecule has 0 aliphatic heterocycles. The molecule has 1 aromatic rings. The number of rotatable bonds is 6. The number of amides is 2. The van der Waals surface area contributed by atoms with Gasteiger partial charge in [0, 0.05) is 13.6 Å². The largest absolute Gasteiger partial charge is 0.480 e. The number of carbonyl (C=O) groups excluding carboxylic acids is 1. The SMILES string of the molecule is CC(C)C[C@@H](NC(=O)N(C)Cc1cccc(F)c1)C(=O)O. The summed E-state index contributed by atoms with van der Waals surface area (Å²) in [6.07, 6.45) is 0.356. The number of carbonyl (C=O) groups is 2. The number of nitrogens with zero attached hydrogens (tertiary/aromatic N) is 1. The monoisotopic (exact) mass is 296 g/mol. The van der Waals surface area contributed by atoms with Gasteiger partial charge >= 0.3 is 12.0 Å². The van der Waals surface area contributed by atoms with Gasteiger partial charge in [0.05, 0.1) is 0 Å². The lowest BCUT2D eigenvalue weighted by molar-refractivity contribution is -0.139. The molecule has 0 radical (unpaired) electrons. The van der Waals surface area contributed by atoms with Gasteiger partial charge in [-0.3, -0.25) is 0 Å². The molecule has 0 bridgehead atoms. The van der Waals surface area contributed by atoms with Gasteiger partial charge in [0.15, 0.2) is 0 Å². The van der Waals surface area contributed by atoms with Gasteiger partial charge in [-0.05, 0) is 30.0 Å². The van der Waals surface area contributed by atoms with E-state index < -0.39 is 18.0 Å². The number of carboxylic acid groups (broad SMARTS) is 1. The summed E-state index contributed by atoms with van der Waals surface area (Å²) in [5.74, 6) is -1.28. The predicted octanol–water partition coefficient (Wildman–Crippen LogP) is 2.47. The fourth-order valence-corrected chi connectivity index (χ4v) is 1.93. The van der Waals surface area contributed by atoms with Crippen molar-refractivity contribution >= 4 is 12.0 Å². The maximum atomic E-state index is 13.1. The first kappa shape index (κ1) is 16.9. The number of benzene rings is 1. The molecule has 0 fully saturated rings. The third-order valence-corrected chi connectivity index (χ3v) is 2.96. The third-order valence-electron chi connectivity index (χ3n) is 2.96. The Balaban J connectivity index is 2.62. The molecular formula is C15H21FN2O3. The van der Waals surface area contributed by atoms with E-state index in [0.29, 0.717) is 12.0 Å². The molecule has 1 aromatic carbocycles. The smallest absolute Gasteiger partial charge is 0.326 e. The fourth-order valence-electron chi connectivity index (χ4n) is 1.93. The van der Waals surface area contributed by atoms with Crippen LogP contribution < -0.4 is 5.32 Å². The minimum Gasteiger partial charge on any atom is -0.480 e. The standard InChI is InChI=1S/C15H21FN2O3/c1-10(2)7-13(14(19)20)17-15(21)18(3)9-11-5-4-6-12(16)8-11/h4-6,8,10,13H,7,9H2,1-3H3,(H,17,21)(H,19,20)/t13-/m1/s1. The molecule has 21 heavy (non-hydrogen) atoms. The van der Waals surface area contributed by atoms with Gasteiger partial charge in [0.25, 0.3) is 0 Å². The second-order valence-corrected chi connectivity index (χ2v) is 5.46. The van der Waals surface area contributed by atoms with E-state index in [2.05, 4.69) is 5.32 Å². The van der Waals surface area contributed by atoms with Crippen molar-refractivity contribution in [1.29, 1.82) is 0 Å². The summed E-state index contributed by atoms with van der Waals surface area (Å²) in [7, 11) is 1.54. The molecule has 0 aromatic heterocycles. The number of carboxylic acids is 1. The zero-order chi connectivity index (χ0) is 16.0. The lowest BCUT2D eigenvalue weighted by Crippen LogP contribution is -2.47. The van der Waals surface area contributed by atoms with Crippen LogP contribution in [0.1, 0.15) is 25.8 Å². The minimum atomic E-state index is -1.06. The van der Waals surface area contributed by atoms with E-state index in [4.69, 9.17) is 5.11 Å². The van der Waals surface area contributed by atoms with Crippen LogP contribution in [0.5, 0.6) is 0 Å². The van der Waals surface area contributed by atoms with Crippen molar-refractivity contribution in [3.63, 3.8) is 0 Å². The average Bonchev–Trinajstić information content (AvgIpc) is 2.37. The normalized spacial score (nSPS) is 12.0. The highest BCUT2D eigenvalue weighted by Gasteiger charge is 2.22. The van der Waals surface area contributed by atoms with Gasteiger partial charge < -0.3 is 15.3 Å². The van der Waals surface area contributed by atoms with E-state index in [1.54, 1.807) is 12.1 Å². The summed E-state index contributed by atoms with van der Waals surface area (Å²) in [4.78, 5) is 24.4. The van der Waals surface area contributed by atoms with E-state index in [9.17, 15) is 14.0 Å². The summed E-state index contributed by atoms with van der Waals surface area (Å²) >= 11 is 0. The zero-order valence-corrected chi connectivity index (χ0v) is 12.5. The summed E-state index contributed by atoms with van der Waals surface area (Å²) in [5, 5.41) is 11.6. The lowest BCUT2D eigenvalue weighted by atomic mass is 10.0. The van der Waals surface area contributed by atoms with Crippen molar-refractivity contribution in [2.45, 2.75) is 32.9 Å². The van der Waals surface area contributed by atoms with Crippen molar-refractivity contribution in [3.05, 3.63) is 35.6 Å². The Morgan fingerprint density at radius 1 is 1.38 bits per heavy atom. The van der Waals surface area contributed by atoms with Gasteiger partial charge in [-0.1, -0.05) is 26.0 Å². The molecule has 2 N–H and O–H groups in total. The number of nitrogens with one attached hydrogen (secondary N) is 1. The van der Waals surface area contributed by atoms with Crippen molar-refractivity contribution < 1.29 is 19.1 Å². The number of aliphatic carboxylic acids is 1. The summed E-state index contributed by atoms with van der Waals surface area (Å²) in [6, 6.07) is 4.52. The molecule has 5 nitrogen and oxygen atoms in total. The average molecular weight is 296 g/mol. The third kappa shape index (κ3) is 5.81. The molecule has 0 aliphatic rings. The van der Waals surface area contributed by atoms with Crippen LogP contribution in [0.25, 0.3) is 0 Å². The molecule has 0 aliphatic carbocycles. The number of hydrogen-bond acceptors (Lipinski definition) is 2. The molecule has 0 spiro atoms. The maximum Gasteiger partial charge on any atom is 0.326 e. The van der Waals surface area contributed by atoms with Crippen molar-refractivity contribution in [1.82, 2.24) is 10.2 Å². The van der Waals surface area contributed by atoms with Crippen LogP contribution in [-0.4, -0.2) is 35.1 Å². The van der Waals surface area contributed by atoms with E-state index in [1.807, 2.05) is 13.8 Å². The van der Waals surface area contributed by atoms with Crippen molar-refractivity contribution in [2.24, 2.45) is 5.92 Å². The molecular weight excluding hydrogens is 275 g/mol. The highest BCUT2D eigenvalue weighted by Crippen LogP contribution is 2.08. The predicted molar refractivity (Wildman–Crippen MR) is 77.3 cm³/mol. The van der Waals surface area contributed by atoms with Crippen LogP contribution in [0.15, 0.2) is 24.3 Å². The fraction of sp³-hybridized carbons (Fsp3) is 0.467. The highest BCUT2D eigenvalue weighted by molar-refractivity contribution is 5.82. The Hall–Kier alpha value is -2.11. The molecule has 0 saturated carbocycles. The quantitative estimate of drug-likeness (QED) is 0.847. The van der Waals surface area contributed by atoms with E-state index >= 15 is 0 Å². The van der Waals surface area contributed by atoms with Crippen molar-refractivity contribution in [2.75, 3.05) is 7.05 Å². The maximum absolute atomic E-state index is 13.1. The number of hydrogen-bond donors (Lipinski definition) is 2. The summed E-state index contributed by atoms with van der Waals surface area (Å²) in [6.45, 7) is 3.98. The first-order valence-corrected chi connectivity index (χ1v) is 6.78. The second-order valence-electron chi connectivity index (χ2n) is 5.46. The Morgan fingerprint density at radius 2 is 2.05 bits per heavy atom. The molecule has 0 unspecified atom stereocenters. The van der Waals surface area contributed by atoms with Crippen LogP contribution in [-0.2, 0) is 11.3 Å². The van der Waals surface area contributed by atoms with Gasteiger partial charge in [-0.25, -0.2) is 14.0 Å². The van der Waals surface area contributed by atoms with Gasteiger partial charge in [0.2, 0.25) is 0 Å². The molecule has 0 heterocycles. The summed E-state index contributed by atoms with van der Waals surface area (Å²) < 4.78 is 13.1. The molecule has 116 valence electrons. The van der Waals surface area contributed by atoms with Gasteiger partial charge in [-0.15, -0.1) is 0 Å². The molecule has 2 amide bonds. The summed E-state index contributed by atoms with van der Waals surface area (Å²) in [5.41, 5.74) is 0.642. The molecule has 6 heteroatoms. The Kier molecular flexibility index (Phi) is 6.14. The Bertz CT molecular complexity index is 505. The molecule has 0 saturated heterocycles. The topological polar surface area (TPSA) is 69.6 Å². The van der Waals surface area contributed by atoms with Crippen LogP contribution >= 0.6 is 0 Å². The second kappa shape index (κ2) is 7.61. The minimum absolute atomic E-state index is 0.153. The first-order chi connectivity index (χ1) is 9.79. The zero-order valence-electron chi connectivity index (χ0n) is 12.5. The van der Waals surface area contributed by atoms with Crippen LogP contribution in [0.4, 0.5) is 9.18 Å². The Labute approximate surface area is 123 Å². The molecule has 1 rings (SSSR count). The highest BCUT2D eigenvalue weighted by atomic mass is 19.1. The van der Waals surface area contributed by atoms with Crippen LogP contribution in [0.3, 0.4) is 0 Å². The van der Waals surface area contributed by atoms with Gasteiger partial charge in [-0.2, -0.15) is 0 Å².